The minimum atomic E-state index is -0.232. The van der Waals surface area contributed by atoms with Crippen molar-refractivity contribution in [3.63, 3.8) is 0 Å². The number of aromatic nitrogens is 1. The standard InChI is InChI=1S/C15H18ClN3O2/c1-20-8-9-21-13-5-3-2-4-12(13)15(19-17)11-6-7-18-14(16)10-11/h2-7,10,15,19H,8-9,17H2,1H3. The summed E-state index contributed by atoms with van der Waals surface area (Å²) in [6.45, 7) is 0.998. The molecule has 0 spiro atoms. The molecule has 6 heteroatoms. The molecule has 0 fully saturated rings. The summed E-state index contributed by atoms with van der Waals surface area (Å²) >= 11 is 5.95. The van der Waals surface area contributed by atoms with E-state index < -0.39 is 0 Å². The Labute approximate surface area is 129 Å². The Hall–Kier alpha value is -1.66. The van der Waals surface area contributed by atoms with Crippen molar-refractivity contribution in [1.82, 2.24) is 10.4 Å². The van der Waals surface area contributed by atoms with Gasteiger partial charge in [-0.1, -0.05) is 29.8 Å². The van der Waals surface area contributed by atoms with Gasteiger partial charge in [0, 0.05) is 18.9 Å². The second kappa shape index (κ2) is 7.95. The fraction of sp³-hybridized carbons (Fsp3) is 0.267. The molecule has 1 atom stereocenters. The normalized spacial score (nSPS) is 12.1. The monoisotopic (exact) mass is 307 g/mol. The molecule has 1 aromatic carbocycles. The van der Waals surface area contributed by atoms with Crippen LogP contribution in [0.3, 0.4) is 0 Å². The Bertz CT molecular complexity index is 580. The van der Waals surface area contributed by atoms with Crippen molar-refractivity contribution >= 4 is 11.6 Å². The van der Waals surface area contributed by atoms with Crippen LogP contribution in [0.4, 0.5) is 0 Å². The summed E-state index contributed by atoms with van der Waals surface area (Å²) in [4.78, 5) is 3.98. The quantitative estimate of drug-likeness (QED) is 0.355. The average Bonchev–Trinajstić information content (AvgIpc) is 2.50. The Morgan fingerprint density at radius 3 is 2.81 bits per heavy atom. The molecule has 0 radical (unpaired) electrons. The lowest BCUT2D eigenvalue weighted by atomic mass is 9.99. The molecule has 2 rings (SSSR count). The lowest BCUT2D eigenvalue weighted by molar-refractivity contribution is 0.145. The molecule has 21 heavy (non-hydrogen) atoms. The van der Waals surface area contributed by atoms with Crippen LogP contribution < -0.4 is 16.0 Å². The highest BCUT2D eigenvalue weighted by Gasteiger charge is 2.17. The van der Waals surface area contributed by atoms with Gasteiger partial charge in [0.2, 0.25) is 0 Å². The summed E-state index contributed by atoms with van der Waals surface area (Å²) in [5.74, 6) is 6.47. The van der Waals surface area contributed by atoms with E-state index in [9.17, 15) is 0 Å². The van der Waals surface area contributed by atoms with Crippen LogP contribution in [0.15, 0.2) is 42.6 Å². The molecule has 3 N–H and O–H groups in total. The van der Waals surface area contributed by atoms with Gasteiger partial charge in [0.1, 0.15) is 17.5 Å². The summed E-state index contributed by atoms with van der Waals surface area (Å²) < 4.78 is 10.7. The van der Waals surface area contributed by atoms with Gasteiger partial charge in [-0.3, -0.25) is 5.84 Å². The lowest BCUT2D eigenvalue weighted by Crippen LogP contribution is -2.29. The van der Waals surface area contributed by atoms with E-state index in [0.29, 0.717) is 18.4 Å². The molecule has 0 aliphatic rings. The Balaban J connectivity index is 2.29. The first-order valence-electron chi connectivity index (χ1n) is 6.54. The van der Waals surface area contributed by atoms with Crippen LogP contribution >= 0.6 is 11.6 Å². The Morgan fingerprint density at radius 1 is 1.29 bits per heavy atom. The van der Waals surface area contributed by atoms with E-state index in [0.717, 1.165) is 16.9 Å². The fourth-order valence-corrected chi connectivity index (χ4v) is 2.23. The SMILES string of the molecule is COCCOc1ccccc1C(NN)c1ccnc(Cl)c1. The highest BCUT2D eigenvalue weighted by molar-refractivity contribution is 6.29. The van der Waals surface area contributed by atoms with Gasteiger partial charge in [-0.25, -0.2) is 10.4 Å². The molecular weight excluding hydrogens is 290 g/mol. The smallest absolute Gasteiger partial charge is 0.129 e. The van der Waals surface area contributed by atoms with Crippen molar-refractivity contribution in [3.8, 4) is 5.75 Å². The van der Waals surface area contributed by atoms with Crippen LogP contribution in [0, 0.1) is 0 Å². The van der Waals surface area contributed by atoms with Crippen molar-refractivity contribution < 1.29 is 9.47 Å². The maximum absolute atomic E-state index is 5.95. The molecule has 5 nitrogen and oxygen atoms in total. The minimum Gasteiger partial charge on any atom is -0.491 e. The number of pyridine rings is 1. The van der Waals surface area contributed by atoms with Gasteiger partial charge in [0.05, 0.1) is 12.6 Å². The number of rotatable bonds is 7. The van der Waals surface area contributed by atoms with Crippen LogP contribution in [0.1, 0.15) is 17.2 Å². The maximum Gasteiger partial charge on any atom is 0.129 e. The van der Waals surface area contributed by atoms with Crippen molar-refractivity contribution in [2.45, 2.75) is 6.04 Å². The molecule has 0 aliphatic heterocycles. The van der Waals surface area contributed by atoms with Crippen molar-refractivity contribution in [2.24, 2.45) is 5.84 Å². The largest absolute Gasteiger partial charge is 0.491 e. The second-order valence-corrected chi connectivity index (χ2v) is 4.78. The first-order valence-corrected chi connectivity index (χ1v) is 6.92. The number of nitrogens with one attached hydrogen (secondary N) is 1. The summed E-state index contributed by atoms with van der Waals surface area (Å²) in [5.41, 5.74) is 4.64. The third kappa shape index (κ3) is 4.15. The third-order valence-electron chi connectivity index (χ3n) is 3.03. The molecule has 0 saturated carbocycles. The van der Waals surface area contributed by atoms with Gasteiger partial charge in [0.25, 0.3) is 0 Å². The molecular formula is C15H18ClN3O2. The molecule has 1 unspecified atom stereocenters. The number of hydrogen-bond donors (Lipinski definition) is 2. The van der Waals surface area contributed by atoms with Crippen molar-refractivity contribution in [1.29, 1.82) is 0 Å². The number of nitrogens with two attached hydrogens (primary N) is 1. The zero-order valence-electron chi connectivity index (χ0n) is 11.8. The number of hydrazine groups is 1. The van der Waals surface area contributed by atoms with Crippen molar-refractivity contribution in [3.05, 3.63) is 58.9 Å². The molecule has 0 amide bonds. The van der Waals surface area contributed by atoms with Gasteiger partial charge in [0.15, 0.2) is 0 Å². The van der Waals surface area contributed by atoms with Gasteiger partial charge in [-0.15, -0.1) is 0 Å². The summed E-state index contributed by atoms with van der Waals surface area (Å²) in [6, 6.07) is 11.1. The molecule has 112 valence electrons. The highest BCUT2D eigenvalue weighted by atomic mass is 35.5. The van der Waals surface area contributed by atoms with Gasteiger partial charge >= 0.3 is 0 Å². The number of hydrogen-bond acceptors (Lipinski definition) is 5. The number of methoxy groups -OCH3 is 1. The van der Waals surface area contributed by atoms with E-state index in [1.165, 1.54) is 0 Å². The first-order chi connectivity index (χ1) is 10.3. The molecule has 1 heterocycles. The summed E-state index contributed by atoms with van der Waals surface area (Å²) in [6.07, 6.45) is 1.65. The number of para-hydroxylation sites is 1. The number of ether oxygens (including phenoxy) is 2. The maximum atomic E-state index is 5.95. The van der Waals surface area contributed by atoms with Gasteiger partial charge in [-0.05, 0) is 23.8 Å². The minimum absolute atomic E-state index is 0.232. The predicted octanol–water partition coefficient (Wildman–Crippen LogP) is 2.31. The second-order valence-electron chi connectivity index (χ2n) is 4.39. The van der Waals surface area contributed by atoms with E-state index in [-0.39, 0.29) is 6.04 Å². The van der Waals surface area contributed by atoms with Crippen LogP contribution in [0.5, 0.6) is 5.75 Å². The Kier molecular flexibility index (Phi) is 5.95. The van der Waals surface area contributed by atoms with Crippen LogP contribution in [-0.2, 0) is 4.74 Å². The fourth-order valence-electron chi connectivity index (χ4n) is 2.05. The molecule has 0 saturated heterocycles. The molecule has 0 aliphatic carbocycles. The highest BCUT2D eigenvalue weighted by Crippen LogP contribution is 2.30. The van der Waals surface area contributed by atoms with Crippen LogP contribution in [0.25, 0.3) is 0 Å². The zero-order valence-corrected chi connectivity index (χ0v) is 12.5. The Morgan fingerprint density at radius 2 is 2.10 bits per heavy atom. The van der Waals surface area contributed by atoms with Gasteiger partial charge in [-0.2, -0.15) is 0 Å². The topological polar surface area (TPSA) is 69.4 Å². The summed E-state index contributed by atoms with van der Waals surface area (Å²) in [5, 5.41) is 0.422. The van der Waals surface area contributed by atoms with Crippen molar-refractivity contribution in [2.75, 3.05) is 20.3 Å². The van der Waals surface area contributed by atoms with Crippen LogP contribution in [-0.4, -0.2) is 25.3 Å². The lowest BCUT2D eigenvalue weighted by Gasteiger charge is -2.20. The van der Waals surface area contributed by atoms with E-state index >= 15 is 0 Å². The third-order valence-corrected chi connectivity index (χ3v) is 3.23. The number of nitrogens with zero attached hydrogens (tertiary/aromatic N) is 1. The van der Waals surface area contributed by atoms with E-state index in [2.05, 4.69) is 10.4 Å². The van der Waals surface area contributed by atoms with Gasteiger partial charge < -0.3 is 9.47 Å². The summed E-state index contributed by atoms with van der Waals surface area (Å²) in [7, 11) is 1.64. The molecule has 1 aromatic heterocycles. The number of halogens is 1. The molecule has 0 bridgehead atoms. The van der Waals surface area contributed by atoms with E-state index in [4.69, 9.17) is 26.9 Å². The molecule has 2 aromatic rings. The first kappa shape index (κ1) is 15.7. The number of benzene rings is 1. The zero-order chi connectivity index (χ0) is 15.1. The van der Waals surface area contributed by atoms with Crippen LogP contribution in [0.2, 0.25) is 5.15 Å². The van der Waals surface area contributed by atoms with E-state index in [1.807, 2.05) is 30.3 Å². The van der Waals surface area contributed by atoms with E-state index in [1.54, 1.807) is 19.4 Å². The predicted molar refractivity (Wildman–Crippen MR) is 82.2 cm³/mol. The average molecular weight is 308 g/mol.